The van der Waals surface area contributed by atoms with E-state index in [4.69, 9.17) is 9.72 Å². The number of nitrogens with zero attached hydrogens (tertiary/aromatic N) is 3. The Hall–Kier alpha value is -2.14. The van der Waals surface area contributed by atoms with Crippen molar-refractivity contribution in [3.63, 3.8) is 0 Å². The van der Waals surface area contributed by atoms with E-state index in [2.05, 4.69) is 9.98 Å². The summed E-state index contributed by atoms with van der Waals surface area (Å²) in [6.07, 6.45) is 1.84. The number of para-hydroxylation sites is 1. The topological polar surface area (TPSA) is 63.9 Å². The molecule has 1 fully saturated rings. The lowest BCUT2D eigenvalue weighted by Crippen LogP contribution is -2.32. The van der Waals surface area contributed by atoms with Crippen molar-refractivity contribution in [3.05, 3.63) is 40.7 Å². The molecule has 0 spiro atoms. The summed E-state index contributed by atoms with van der Waals surface area (Å²) in [6, 6.07) is 7.34. The van der Waals surface area contributed by atoms with Crippen molar-refractivity contribution in [3.8, 4) is 0 Å². The Kier molecular flexibility index (Phi) is 2.60. The number of carbonyl (C=O) groups is 1. The minimum absolute atomic E-state index is 0.298. The first-order chi connectivity index (χ1) is 9.83. The number of pyridine rings is 1. The van der Waals surface area contributed by atoms with Gasteiger partial charge in [-0.2, -0.15) is 9.98 Å². The van der Waals surface area contributed by atoms with Crippen LogP contribution in [0.2, 0.25) is 0 Å². The summed E-state index contributed by atoms with van der Waals surface area (Å²) in [5.41, 5.74) is 1.78. The highest BCUT2D eigenvalue weighted by Gasteiger charge is 2.23. The molecule has 0 bridgehead atoms. The first-order valence-electron chi connectivity index (χ1n) is 6.81. The van der Waals surface area contributed by atoms with Crippen LogP contribution >= 0.6 is 0 Å². The molecular formula is C15H13N3O2. The van der Waals surface area contributed by atoms with Gasteiger partial charge in [-0.3, -0.25) is 4.98 Å². The first kappa shape index (κ1) is 11.7. The summed E-state index contributed by atoms with van der Waals surface area (Å²) in [5, 5.41) is 2.25. The summed E-state index contributed by atoms with van der Waals surface area (Å²) >= 11 is 0. The van der Waals surface area contributed by atoms with Crippen molar-refractivity contribution in [1.29, 1.82) is 0 Å². The molecule has 100 valence electrons. The second kappa shape index (κ2) is 4.45. The van der Waals surface area contributed by atoms with Crippen LogP contribution in [0.3, 0.4) is 0 Å². The van der Waals surface area contributed by atoms with Crippen LogP contribution < -0.4 is 10.7 Å². The van der Waals surface area contributed by atoms with Crippen molar-refractivity contribution in [2.24, 2.45) is 9.98 Å². The van der Waals surface area contributed by atoms with E-state index in [-0.39, 0.29) is 0 Å². The normalized spacial score (nSPS) is 18.7. The molecule has 2 aliphatic rings. The summed E-state index contributed by atoms with van der Waals surface area (Å²) in [7, 11) is 0. The van der Waals surface area contributed by atoms with Gasteiger partial charge in [-0.05, 0) is 18.9 Å². The molecule has 0 saturated carbocycles. The SMILES string of the molecule is O=C1N=c2c(C3CCOCC3)nc3ccccc3c2=N1. The molecule has 4 rings (SSSR count). The fourth-order valence-corrected chi connectivity index (χ4v) is 2.90. The zero-order valence-electron chi connectivity index (χ0n) is 10.9. The summed E-state index contributed by atoms with van der Waals surface area (Å²) < 4.78 is 5.40. The third kappa shape index (κ3) is 1.74. The second-order valence-electron chi connectivity index (χ2n) is 5.10. The van der Waals surface area contributed by atoms with Gasteiger partial charge in [-0.1, -0.05) is 18.2 Å². The van der Waals surface area contributed by atoms with Gasteiger partial charge in [0.15, 0.2) is 0 Å². The maximum atomic E-state index is 11.6. The minimum atomic E-state index is -0.425. The molecule has 0 aliphatic carbocycles. The summed E-state index contributed by atoms with van der Waals surface area (Å²) in [4.78, 5) is 24.5. The van der Waals surface area contributed by atoms with Gasteiger partial charge in [0.2, 0.25) is 0 Å². The number of rotatable bonds is 1. The standard InChI is InChI=1S/C15H13N3O2/c19-15-17-13-10-3-1-2-4-11(10)16-12(14(13)18-15)9-5-7-20-8-6-9/h1-4,9H,5-8H2. The van der Waals surface area contributed by atoms with E-state index in [0.29, 0.717) is 16.6 Å². The number of ether oxygens (including phenoxy) is 1. The minimum Gasteiger partial charge on any atom is -0.381 e. The lowest BCUT2D eigenvalue weighted by molar-refractivity contribution is 0.0843. The number of hydrogen-bond donors (Lipinski definition) is 0. The Balaban J connectivity index is 2.03. The summed E-state index contributed by atoms with van der Waals surface area (Å²) in [5.74, 6) is 0.298. The summed E-state index contributed by atoms with van der Waals surface area (Å²) in [6.45, 7) is 1.47. The van der Waals surface area contributed by atoms with E-state index in [1.54, 1.807) is 0 Å². The van der Waals surface area contributed by atoms with Crippen LogP contribution in [0.15, 0.2) is 34.3 Å². The number of fused-ring (bicyclic) bond motifs is 3. The van der Waals surface area contributed by atoms with Crippen LogP contribution in [0.1, 0.15) is 24.5 Å². The van der Waals surface area contributed by atoms with Gasteiger partial charge in [0.05, 0.1) is 11.2 Å². The zero-order valence-corrected chi connectivity index (χ0v) is 10.9. The third-order valence-electron chi connectivity index (χ3n) is 3.89. The lowest BCUT2D eigenvalue weighted by Gasteiger charge is -2.21. The van der Waals surface area contributed by atoms with Crippen molar-refractivity contribution in [2.75, 3.05) is 13.2 Å². The molecule has 0 radical (unpaired) electrons. The number of urea groups is 1. The van der Waals surface area contributed by atoms with Gasteiger partial charge in [-0.15, -0.1) is 0 Å². The monoisotopic (exact) mass is 267 g/mol. The molecule has 1 aromatic carbocycles. The lowest BCUT2D eigenvalue weighted by atomic mass is 9.94. The van der Waals surface area contributed by atoms with Crippen LogP contribution in [-0.2, 0) is 4.74 Å². The largest absolute Gasteiger partial charge is 0.381 e. The Morgan fingerprint density at radius 1 is 1.05 bits per heavy atom. The predicted octanol–water partition coefficient (Wildman–Crippen LogP) is 1.50. The van der Waals surface area contributed by atoms with E-state index in [9.17, 15) is 4.79 Å². The second-order valence-corrected chi connectivity index (χ2v) is 5.10. The smallest absolute Gasteiger partial charge is 0.368 e. The van der Waals surface area contributed by atoms with E-state index < -0.39 is 6.03 Å². The highest BCUT2D eigenvalue weighted by molar-refractivity contribution is 5.84. The van der Waals surface area contributed by atoms with E-state index >= 15 is 0 Å². The maximum Gasteiger partial charge on any atom is 0.368 e. The Morgan fingerprint density at radius 2 is 1.80 bits per heavy atom. The average molecular weight is 267 g/mol. The molecule has 2 amide bonds. The molecule has 0 atom stereocenters. The Bertz CT molecular complexity index is 823. The van der Waals surface area contributed by atoms with Gasteiger partial charge in [0.25, 0.3) is 0 Å². The maximum absolute atomic E-state index is 11.6. The molecule has 2 aromatic rings. The van der Waals surface area contributed by atoms with Gasteiger partial charge in [-0.25, -0.2) is 4.79 Å². The van der Waals surface area contributed by atoms with Gasteiger partial charge in [0, 0.05) is 24.5 Å². The molecule has 5 nitrogen and oxygen atoms in total. The molecule has 1 saturated heterocycles. The molecule has 1 aromatic heterocycles. The molecule has 0 N–H and O–H groups in total. The highest BCUT2D eigenvalue weighted by atomic mass is 16.5. The molecule has 0 unspecified atom stereocenters. The van der Waals surface area contributed by atoms with E-state index in [1.165, 1.54) is 0 Å². The highest BCUT2D eigenvalue weighted by Crippen LogP contribution is 2.24. The molecule has 5 heteroatoms. The molecular weight excluding hydrogens is 254 g/mol. The fourth-order valence-electron chi connectivity index (χ4n) is 2.90. The predicted molar refractivity (Wildman–Crippen MR) is 72.2 cm³/mol. The van der Waals surface area contributed by atoms with E-state index in [1.807, 2.05) is 24.3 Å². The van der Waals surface area contributed by atoms with Gasteiger partial charge in [0.1, 0.15) is 10.7 Å². The Labute approximate surface area is 115 Å². The van der Waals surface area contributed by atoms with Crippen LogP contribution in [0, 0.1) is 0 Å². The van der Waals surface area contributed by atoms with E-state index in [0.717, 1.165) is 42.7 Å². The average Bonchev–Trinajstić information content (AvgIpc) is 2.89. The fraction of sp³-hybridized carbons (Fsp3) is 0.333. The molecule has 3 heterocycles. The van der Waals surface area contributed by atoms with Crippen molar-refractivity contribution in [1.82, 2.24) is 4.98 Å². The molecule has 2 aliphatic heterocycles. The van der Waals surface area contributed by atoms with Crippen molar-refractivity contribution < 1.29 is 9.53 Å². The number of amides is 2. The quantitative estimate of drug-likeness (QED) is 0.786. The van der Waals surface area contributed by atoms with Gasteiger partial charge >= 0.3 is 6.03 Å². The number of benzene rings is 1. The van der Waals surface area contributed by atoms with Gasteiger partial charge < -0.3 is 4.74 Å². The van der Waals surface area contributed by atoms with Crippen LogP contribution in [0.25, 0.3) is 10.9 Å². The molecule has 20 heavy (non-hydrogen) atoms. The van der Waals surface area contributed by atoms with Crippen LogP contribution in [-0.4, -0.2) is 24.2 Å². The van der Waals surface area contributed by atoms with Crippen molar-refractivity contribution >= 4 is 16.9 Å². The third-order valence-corrected chi connectivity index (χ3v) is 3.89. The van der Waals surface area contributed by atoms with Crippen molar-refractivity contribution in [2.45, 2.75) is 18.8 Å². The van der Waals surface area contributed by atoms with Crippen LogP contribution in [0.4, 0.5) is 4.79 Å². The first-order valence-corrected chi connectivity index (χ1v) is 6.81. The van der Waals surface area contributed by atoms with Crippen LogP contribution in [0.5, 0.6) is 0 Å². The number of aromatic nitrogens is 1. The number of hydrogen-bond acceptors (Lipinski definition) is 3. The number of carbonyl (C=O) groups excluding carboxylic acids is 1. The Morgan fingerprint density at radius 3 is 2.65 bits per heavy atom. The zero-order chi connectivity index (χ0) is 13.5.